The van der Waals surface area contributed by atoms with Gasteiger partial charge in [0.05, 0.1) is 18.8 Å². The number of hydrogen-bond acceptors (Lipinski definition) is 3. The first-order valence-electron chi connectivity index (χ1n) is 16.8. The van der Waals surface area contributed by atoms with E-state index in [0.717, 1.165) is 51.4 Å². The molecule has 2 unspecified atom stereocenters. The van der Waals surface area contributed by atoms with Crippen LogP contribution in [-0.4, -0.2) is 34.9 Å². The predicted molar refractivity (Wildman–Crippen MR) is 183 cm³/mol. The summed E-state index contributed by atoms with van der Waals surface area (Å²) in [6.07, 6.45) is 48.1. The molecule has 0 rings (SSSR count). The Labute approximate surface area is 259 Å². The highest BCUT2D eigenvalue weighted by molar-refractivity contribution is 5.76. The molecule has 0 saturated carbocycles. The van der Waals surface area contributed by atoms with Crippen LogP contribution in [0.15, 0.2) is 85.1 Å². The van der Waals surface area contributed by atoms with Gasteiger partial charge in [-0.2, -0.15) is 0 Å². The molecule has 2 atom stereocenters. The third-order valence-electron chi connectivity index (χ3n) is 6.85. The fourth-order valence-electron chi connectivity index (χ4n) is 4.28. The zero-order valence-electron chi connectivity index (χ0n) is 27.0. The fourth-order valence-corrected chi connectivity index (χ4v) is 4.28. The Morgan fingerprint density at radius 2 is 1.07 bits per heavy atom. The molecule has 0 aliphatic carbocycles. The lowest BCUT2D eigenvalue weighted by molar-refractivity contribution is -0.122. The molecule has 0 aromatic heterocycles. The van der Waals surface area contributed by atoms with Crippen molar-refractivity contribution in [2.24, 2.45) is 0 Å². The van der Waals surface area contributed by atoms with Crippen molar-refractivity contribution < 1.29 is 15.0 Å². The Bertz CT molecular complexity index is 803. The number of aliphatic hydroxyl groups excluding tert-OH is 2. The molecule has 0 aliphatic rings. The van der Waals surface area contributed by atoms with Crippen molar-refractivity contribution in [1.82, 2.24) is 5.32 Å². The summed E-state index contributed by atoms with van der Waals surface area (Å²) in [5.41, 5.74) is 0. The minimum atomic E-state index is -0.901. The van der Waals surface area contributed by atoms with Crippen LogP contribution >= 0.6 is 0 Å². The molecule has 0 spiro atoms. The van der Waals surface area contributed by atoms with Crippen molar-refractivity contribution in [2.75, 3.05) is 6.61 Å². The molecule has 1 amide bonds. The van der Waals surface area contributed by atoms with Gasteiger partial charge in [-0.15, -0.1) is 0 Å². The highest BCUT2D eigenvalue weighted by Gasteiger charge is 2.17. The Kier molecular flexibility index (Phi) is 31.2. The van der Waals surface area contributed by atoms with Gasteiger partial charge >= 0.3 is 0 Å². The van der Waals surface area contributed by atoms with Gasteiger partial charge in [0.1, 0.15) is 0 Å². The van der Waals surface area contributed by atoms with E-state index in [-0.39, 0.29) is 12.5 Å². The summed E-state index contributed by atoms with van der Waals surface area (Å²) in [7, 11) is 0. The molecule has 0 aliphatic heterocycles. The van der Waals surface area contributed by atoms with Crippen molar-refractivity contribution >= 4 is 5.91 Å². The lowest BCUT2D eigenvalue weighted by Crippen LogP contribution is -2.45. The average molecular weight is 582 g/mol. The van der Waals surface area contributed by atoms with Crippen LogP contribution in [0.5, 0.6) is 0 Å². The number of unbranched alkanes of at least 4 members (excludes halogenated alkanes) is 9. The topological polar surface area (TPSA) is 69.6 Å². The standard InChI is InChI=1S/C38H63NO3/c1-3-5-7-9-11-13-15-17-18-19-20-22-23-25-27-29-31-33-37(41)36(35-40)39-38(42)34-32-30-28-26-24-21-16-14-12-10-8-6-4-2/h6,8,12,14,18-19,21,23-25,28,30-31,33,36-37,40-41H,3-5,7,9-11,13,15-17,20,22,26-27,29,32,34-35H2,1-2H3,(H,39,42)/b8-6-,14-12-,19-18+,24-21-,25-23+,30-28-,33-31+. The van der Waals surface area contributed by atoms with E-state index < -0.39 is 12.1 Å². The van der Waals surface area contributed by atoms with E-state index in [1.165, 1.54) is 51.4 Å². The van der Waals surface area contributed by atoms with Gasteiger partial charge in [-0.05, 0) is 70.6 Å². The monoisotopic (exact) mass is 581 g/mol. The van der Waals surface area contributed by atoms with Gasteiger partial charge in [0, 0.05) is 6.42 Å². The number of allylic oxidation sites excluding steroid dienone is 13. The number of hydrogen-bond donors (Lipinski definition) is 3. The molecule has 0 bridgehead atoms. The quantitative estimate of drug-likeness (QED) is 0.0636. The number of amides is 1. The summed E-state index contributed by atoms with van der Waals surface area (Å²) in [5, 5.41) is 22.7. The molecular formula is C38H63NO3. The Balaban J connectivity index is 3.89. The normalized spacial score (nSPS) is 14.3. The second-order valence-corrected chi connectivity index (χ2v) is 10.8. The van der Waals surface area contributed by atoms with Crippen molar-refractivity contribution in [3.8, 4) is 0 Å². The lowest BCUT2D eigenvalue weighted by Gasteiger charge is -2.19. The van der Waals surface area contributed by atoms with E-state index in [1.807, 2.05) is 12.2 Å². The number of nitrogens with one attached hydrogen (secondary N) is 1. The number of carbonyl (C=O) groups excluding carboxylic acids is 1. The number of rotatable bonds is 28. The van der Waals surface area contributed by atoms with Gasteiger partial charge in [-0.1, -0.05) is 137 Å². The van der Waals surface area contributed by atoms with E-state index in [2.05, 4.69) is 86.0 Å². The molecule has 0 heterocycles. The van der Waals surface area contributed by atoms with Gasteiger partial charge in [0.25, 0.3) is 0 Å². The Hall–Kier alpha value is -2.43. The van der Waals surface area contributed by atoms with Crippen LogP contribution in [0, 0.1) is 0 Å². The van der Waals surface area contributed by atoms with Gasteiger partial charge in [0.15, 0.2) is 0 Å². The predicted octanol–water partition coefficient (Wildman–Crippen LogP) is 9.78. The van der Waals surface area contributed by atoms with Crippen LogP contribution in [0.25, 0.3) is 0 Å². The maximum atomic E-state index is 12.2. The molecule has 3 N–H and O–H groups in total. The van der Waals surface area contributed by atoms with Crippen LogP contribution in [0.4, 0.5) is 0 Å². The smallest absolute Gasteiger partial charge is 0.220 e. The molecule has 0 fully saturated rings. The molecule has 42 heavy (non-hydrogen) atoms. The molecule has 0 aromatic rings. The first-order chi connectivity index (χ1) is 20.7. The van der Waals surface area contributed by atoms with Crippen molar-refractivity contribution in [3.63, 3.8) is 0 Å². The van der Waals surface area contributed by atoms with Crippen LogP contribution in [0.2, 0.25) is 0 Å². The Morgan fingerprint density at radius 3 is 1.64 bits per heavy atom. The summed E-state index contributed by atoms with van der Waals surface area (Å²) in [4.78, 5) is 12.2. The zero-order valence-corrected chi connectivity index (χ0v) is 27.0. The SMILES string of the molecule is CC/C=C\C/C=C\C/C=C\C/C=C\CCC(=O)NC(CO)C(O)/C=C/CC/C=C/CC/C=C/CCCCCCCCC. The first-order valence-corrected chi connectivity index (χ1v) is 16.8. The van der Waals surface area contributed by atoms with Gasteiger partial charge in [0.2, 0.25) is 5.91 Å². The Morgan fingerprint density at radius 1 is 0.595 bits per heavy atom. The molecular weight excluding hydrogens is 518 g/mol. The summed E-state index contributed by atoms with van der Waals surface area (Å²) < 4.78 is 0. The van der Waals surface area contributed by atoms with Crippen LogP contribution in [0.1, 0.15) is 129 Å². The minimum Gasteiger partial charge on any atom is -0.394 e. The first kappa shape index (κ1) is 39.6. The third-order valence-corrected chi connectivity index (χ3v) is 6.85. The lowest BCUT2D eigenvalue weighted by atomic mass is 10.1. The molecule has 0 aromatic carbocycles. The van der Waals surface area contributed by atoms with Gasteiger partial charge < -0.3 is 15.5 Å². The molecule has 0 radical (unpaired) electrons. The second kappa shape index (κ2) is 33.1. The summed E-state index contributed by atoms with van der Waals surface area (Å²) >= 11 is 0. The third kappa shape index (κ3) is 29.1. The highest BCUT2D eigenvalue weighted by atomic mass is 16.3. The van der Waals surface area contributed by atoms with Crippen LogP contribution in [-0.2, 0) is 4.79 Å². The maximum Gasteiger partial charge on any atom is 0.220 e. The van der Waals surface area contributed by atoms with E-state index in [9.17, 15) is 15.0 Å². The second-order valence-electron chi connectivity index (χ2n) is 10.8. The molecule has 4 nitrogen and oxygen atoms in total. The van der Waals surface area contributed by atoms with Gasteiger partial charge in [-0.25, -0.2) is 0 Å². The summed E-state index contributed by atoms with van der Waals surface area (Å²) in [6, 6.07) is -0.686. The van der Waals surface area contributed by atoms with Crippen LogP contribution in [0.3, 0.4) is 0 Å². The van der Waals surface area contributed by atoms with E-state index in [0.29, 0.717) is 12.8 Å². The highest BCUT2D eigenvalue weighted by Crippen LogP contribution is 2.09. The zero-order chi connectivity index (χ0) is 30.8. The van der Waals surface area contributed by atoms with E-state index in [1.54, 1.807) is 6.08 Å². The largest absolute Gasteiger partial charge is 0.394 e. The molecule has 0 saturated heterocycles. The summed E-state index contributed by atoms with van der Waals surface area (Å²) in [6.45, 7) is 4.10. The maximum absolute atomic E-state index is 12.2. The van der Waals surface area contributed by atoms with Crippen molar-refractivity contribution in [3.05, 3.63) is 85.1 Å². The molecule has 4 heteroatoms. The van der Waals surface area contributed by atoms with Crippen molar-refractivity contribution in [1.29, 1.82) is 0 Å². The summed E-state index contributed by atoms with van der Waals surface area (Å²) in [5.74, 6) is -0.164. The molecule has 238 valence electrons. The average Bonchev–Trinajstić information content (AvgIpc) is 2.99. The number of aliphatic hydroxyl groups is 2. The fraction of sp³-hybridized carbons (Fsp3) is 0.605. The number of carbonyl (C=O) groups is 1. The van der Waals surface area contributed by atoms with E-state index >= 15 is 0 Å². The van der Waals surface area contributed by atoms with Gasteiger partial charge in [-0.3, -0.25) is 4.79 Å². The minimum absolute atomic E-state index is 0.164. The van der Waals surface area contributed by atoms with E-state index in [4.69, 9.17) is 0 Å². The van der Waals surface area contributed by atoms with Crippen LogP contribution < -0.4 is 5.32 Å². The van der Waals surface area contributed by atoms with Crippen molar-refractivity contribution in [2.45, 2.75) is 142 Å².